The van der Waals surface area contributed by atoms with E-state index in [0.717, 1.165) is 17.4 Å². The number of aryl methyl sites for hydroxylation is 1. The number of carbonyl (C=O) groups is 1. The Bertz CT molecular complexity index is 1410. The van der Waals surface area contributed by atoms with E-state index in [9.17, 15) is 22.0 Å². The zero-order valence-corrected chi connectivity index (χ0v) is 19.3. The smallest absolute Gasteiger partial charge is 0.395 e. The van der Waals surface area contributed by atoms with Crippen molar-refractivity contribution in [1.82, 2.24) is 4.98 Å². The number of rotatable bonds is 6. The fourth-order valence-corrected chi connectivity index (χ4v) is 4.88. The molecule has 0 saturated heterocycles. The molecule has 1 aromatic heterocycles. The van der Waals surface area contributed by atoms with Crippen molar-refractivity contribution >= 4 is 15.6 Å². The second-order valence-electron chi connectivity index (χ2n) is 8.78. The Kier molecular flexibility index (Phi) is 5.02. The predicted molar refractivity (Wildman–Crippen MR) is 120 cm³/mol. The van der Waals surface area contributed by atoms with Gasteiger partial charge in [-0.25, -0.2) is 8.42 Å². The summed E-state index contributed by atoms with van der Waals surface area (Å²) >= 11 is 0. The van der Waals surface area contributed by atoms with Gasteiger partial charge in [0.05, 0.1) is 16.0 Å². The molecule has 1 aliphatic carbocycles. The van der Waals surface area contributed by atoms with Gasteiger partial charge in [0, 0.05) is 23.9 Å². The van der Waals surface area contributed by atoms with Crippen LogP contribution in [-0.4, -0.2) is 31.7 Å². The molecule has 0 spiro atoms. The van der Waals surface area contributed by atoms with Crippen LogP contribution in [0, 0.1) is 6.92 Å². The van der Waals surface area contributed by atoms with Crippen molar-refractivity contribution < 1.29 is 31.5 Å². The first kappa shape index (κ1) is 22.5. The molecule has 34 heavy (non-hydrogen) atoms. The van der Waals surface area contributed by atoms with E-state index >= 15 is 0 Å². The number of carbonyl (C=O) groups excluding carboxylic acids is 1. The third-order valence-electron chi connectivity index (χ3n) is 6.29. The first-order valence-corrected chi connectivity index (χ1v) is 12.6. The quantitative estimate of drug-likeness (QED) is 0.507. The zero-order valence-electron chi connectivity index (χ0n) is 18.5. The summed E-state index contributed by atoms with van der Waals surface area (Å²) in [4.78, 5) is 18.2. The lowest BCUT2D eigenvalue weighted by atomic mass is 9.88. The number of halogens is 2. The molecule has 0 unspecified atom stereocenters. The Morgan fingerprint density at radius 3 is 2.32 bits per heavy atom. The standard InChI is InChI=1S/C25H21F2NO5S/c1-15-3-7-18(28-23(15)16-4-8-19(9-5-16)34(2,30)31)14-22(29)24(11-12-24)17-6-10-20-21(13-17)33-25(26,27)32-20/h3-10,13H,11-12,14H2,1-2H3. The summed E-state index contributed by atoms with van der Waals surface area (Å²) in [5.74, 6) is -0.175. The lowest BCUT2D eigenvalue weighted by molar-refractivity contribution is -0.286. The van der Waals surface area contributed by atoms with Gasteiger partial charge in [-0.3, -0.25) is 9.78 Å². The second kappa shape index (κ2) is 7.59. The number of ether oxygens (including phenoxy) is 2. The molecule has 1 fully saturated rings. The number of Topliss-reactive ketones (excluding diaryl/α,β-unsaturated/α-hetero) is 1. The fourth-order valence-electron chi connectivity index (χ4n) is 4.25. The van der Waals surface area contributed by atoms with E-state index in [1.54, 1.807) is 24.3 Å². The minimum Gasteiger partial charge on any atom is -0.395 e. The van der Waals surface area contributed by atoms with Crippen molar-refractivity contribution in [2.24, 2.45) is 0 Å². The molecule has 2 aliphatic rings. The van der Waals surface area contributed by atoms with Crippen molar-refractivity contribution in [2.75, 3.05) is 6.26 Å². The summed E-state index contributed by atoms with van der Waals surface area (Å²) in [5.41, 5.74) is 2.76. The van der Waals surface area contributed by atoms with Crippen LogP contribution in [0.15, 0.2) is 59.5 Å². The van der Waals surface area contributed by atoms with Crippen molar-refractivity contribution in [2.45, 2.75) is 42.8 Å². The number of hydrogen-bond acceptors (Lipinski definition) is 6. The molecular weight excluding hydrogens is 464 g/mol. The van der Waals surface area contributed by atoms with Crippen LogP contribution in [0.5, 0.6) is 11.5 Å². The third-order valence-corrected chi connectivity index (χ3v) is 7.42. The van der Waals surface area contributed by atoms with E-state index in [4.69, 9.17) is 0 Å². The highest BCUT2D eigenvalue weighted by Gasteiger charge is 2.52. The van der Waals surface area contributed by atoms with Crippen LogP contribution in [0.25, 0.3) is 11.3 Å². The summed E-state index contributed by atoms with van der Waals surface area (Å²) < 4.78 is 59.2. The van der Waals surface area contributed by atoms with Crippen LogP contribution in [0.2, 0.25) is 0 Å². The molecule has 2 aromatic carbocycles. The first-order chi connectivity index (χ1) is 16.0. The fraction of sp³-hybridized carbons (Fsp3) is 0.280. The number of pyridine rings is 1. The van der Waals surface area contributed by atoms with E-state index in [1.807, 2.05) is 13.0 Å². The Morgan fingerprint density at radius 1 is 1.00 bits per heavy atom. The maximum atomic E-state index is 13.4. The molecule has 0 atom stereocenters. The maximum Gasteiger partial charge on any atom is 0.586 e. The van der Waals surface area contributed by atoms with Crippen LogP contribution in [0.3, 0.4) is 0 Å². The van der Waals surface area contributed by atoms with Crippen LogP contribution >= 0.6 is 0 Å². The summed E-state index contributed by atoms with van der Waals surface area (Å²) in [7, 11) is -3.31. The normalized spacial score (nSPS) is 17.4. The number of benzene rings is 2. The number of sulfone groups is 1. The number of aromatic nitrogens is 1. The molecule has 0 N–H and O–H groups in total. The number of ketones is 1. The van der Waals surface area contributed by atoms with Crippen molar-refractivity contribution in [3.05, 3.63) is 71.4 Å². The van der Waals surface area contributed by atoms with Crippen LogP contribution < -0.4 is 9.47 Å². The van der Waals surface area contributed by atoms with E-state index in [0.29, 0.717) is 29.8 Å². The largest absolute Gasteiger partial charge is 0.586 e. The Balaban J connectivity index is 1.39. The molecule has 1 saturated carbocycles. The highest BCUT2D eigenvalue weighted by atomic mass is 32.2. The highest BCUT2D eigenvalue weighted by molar-refractivity contribution is 7.90. The van der Waals surface area contributed by atoms with E-state index in [2.05, 4.69) is 14.5 Å². The van der Waals surface area contributed by atoms with Gasteiger partial charge in [0.1, 0.15) is 5.78 Å². The molecule has 0 bridgehead atoms. The SMILES string of the molecule is Cc1ccc(CC(=O)C2(c3ccc4c(c3)OC(F)(F)O4)CC2)nc1-c1ccc(S(C)(=O)=O)cc1. The molecule has 9 heteroatoms. The summed E-state index contributed by atoms with van der Waals surface area (Å²) in [5, 5.41) is 0. The van der Waals surface area contributed by atoms with Gasteiger partial charge in [-0.1, -0.05) is 24.3 Å². The second-order valence-corrected chi connectivity index (χ2v) is 10.8. The number of hydrogen-bond donors (Lipinski definition) is 0. The monoisotopic (exact) mass is 485 g/mol. The summed E-state index contributed by atoms with van der Waals surface area (Å²) in [6.45, 7) is 1.89. The van der Waals surface area contributed by atoms with Gasteiger partial charge >= 0.3 is 6.29 Å². The number of nitrogens with zero attached hydrogens (tertiary/aromatic N) is 1. The van der Waals surface area contributed by atoms with Gasteiger partial charge in [-0.15, -0.1) is 8.78 Å². The molecule has 6 nitrogen and oxygen atoms in total. The van der Waals surface area contributed by atoms with Crippen molar-refractivity contribution in [3.63, 3.8) is 0 Å². The van der Waals surface area contributed by atoms with Gasteiger partial charge in [-0.2, -0.15) is 0 Å². The Hall–Kier alpha value is -3.33. The highest BCUT2D eigenvalue weighted by Crippen LogP contribution is 2.52. The van der Waals surface area contributed by atoms with Gasteiger partial charge in [0.25, 0.3) is 0 Å². The van der Waals surface area contributed by atoms with E-state index < -0.39 is 21.5 Å². The minimum atomic E-state index is -3.70. The first-order valence-electron chi connectivity index (χ1n) is 10.7. The van der Waals surface area contributed by atoms with Gasteiger partial charge in [0.15, 0.2) is 21.3 Å². The molecular formula is C25H21F2NO5S. The van der Waals surface area contributed by atoms with E-state index in [-0.39, 0.29) is 28.6 Å². The zero-order chi connectivity index (χ0) is 24.3. The number of fused-ring (bicyclic) bond motifs is 1. The maximum absolute atomic E-state index is 13.4. The molecule has 3 aromatic rings. The van der Waals surface area contributed by atoms with Crippen molar-refractivity contribution in [3.8, 4) is 22.8 Å². The summed E-state index contributed by atoms with van der Waals surface area (Å²) in [6, 6.07) is 14.6. The molecule has 1 aliphatic heterocycles. The van der Waals surface area contributed by atoms with Gasteiger partial charge in [-0.05, 0) is 61.2 Å². The van der Waals surface area contributed by atoms with Crippen LogP contribution in [0.4, 0.5) is 8.78 Å². The molecule has 0 radical (unpaired) electrons. The molecule has 0 amide bonds. The van der Waals surface area contributed by atoms with Gasteiger partial charge in [0.2, 0.25) is 0 Å². The predicted octanol–water partition coefficient (Wildman–Crippen LogP) is 4.63. The van der Waals surface area contributed by atoms with Crippen molar-refractivity contribution in [1.29, 1.82) is 0 Å². The lowest BCUT2D eigenvalue weighted by Crippen LogP contribution is -2.26. The van der Waals surface area contributed by atoms with Crippen LogP contribution in [0.1, 0.15) is 29.7 Å². The van der Waals surface area contributed by atoms with Gasteiger partial charge < -0.3 is 9.47 Å². The molecule has 5 rings (SSSR count). The average molecular weight is 486 g/mol. The lowest BCUT2D eigenvalue weighted by Gasteiger charge is -2.15. The third kappa shape index (κ3) is 4.04. The Morgan fingerprint density at radius 2 is 1.68 bits per heavy atom. The Labute approximate surface area is 195 Å². The minimum absolute atomic E-state index is 0.0483. The number of alkyl halides is 2. The summed E-state index contributed by atoms with van der Waals surface area (Å²) in [6.07, 6.45) is -1.24. The topological polar surface area (TPSA) is 82.6 Å². The molecule has 2 heterocycles. The van der Waals surface area contributed by atoms with Crippen LogP contribution in [-0.2, 0) is 26.5 Å². The van der Waals surface area contributed by atoms with E-state index in [1.165, 1.54) is 24.3 Å². The average Bonchev–Trinajstić information content (AvgIpc) is 3.52. The molecule has 176 valence electrons.